The maximum absolute atomic E-state index is 13.6. The number of hydrogen-bond acceptors (Lipinski definition) is 5. The second-order valence-corrected chi connectivity index (χ2v) is 9.73. The van der Waals surface area contributed by atoms with E-state index in [0.29, 0.717) is 11.3 Å². The van der Waals surface area contributed by atoms with Crippen molar-refractivity contribution < 1.29 is 22.5 Å². The normalized spacial score (nSPS) is 18.6. The van der Waals surface area contributed by atoms with Gasteiger partial charge in [-0.25, -0.2) is 12.8 Å². The van der Waals surface area contributed by atoms with Crippen molar-refractivity contribution in [3.8, 4) is 0 Å². The third kappa shape index (κ3) is 4.03. The summed E-state index contributed by atoms with van der Waals surface area (Å²) in [5, 5.41) is 9.81. The van der Waals surface area contributed by atoms with Crippen molar-refractivity contribution in [1.82, 2.24) is 0 Å². The molecule has 33 heavy (non-hydrogen) atoms. The zero-order chi connectivity index (χ0) is 23.9. The molecule has 0 aromatic heterocycles. The minimum Gasteiger partial charge on any atom is -0.286 e. The molecule has 1 atom stereocenters. The number of nitrogens with zero attached hydrogens (tertiary/aromatic N) is 2. The van der Waals surface area contributed by atoms with Gasteiger partial charge in [0.15, 0.2) is 5.37 Å². The SMILES string of the molecule is Cc1ccc(N2C(=O)/C(=C\c3ccc(F)cc3)S(=O)(=O)C2c2cccc([N+](=O)[O-])c2)cc1C. The monoisotopic (exact) mass is 466 g/mol. The molecule has 9 heteroatoms. The van der Waals surface area contributed by atoms with Crippen LogP contribution in [0.5, 0.6) is 0 Å². The van der Waals surface area contributed by atoms with E-state index in [-0.39, 0.29) is 11.3 Å². The minimum atomic E-state index is -4.28. The van der Waals surface area contributed by atoms with Gasteiger partial charge in [0.25, 0.3) is 11.6 Å². The Kier molecular flexibility index (Phi) is 5.59. The highest BCUT2D eigenvalue weighted by molar-refractivity contribution is 7.97. The van der Waals surface area contributed by atoms with Crippen molar-refractivity contribution in [2.24, 2.45) is 0 Å². The highest BCUT2D eigenvalue weighted by atomic mass is 32.2. The molecule has 0 aliphatic carbocycles. The molecule has 0 saturated carbocycles. The summed E-state index contributed by atoms with van der Waals surface area (Å²) < 4.78 is 40.5. The third-order valence-corrected chi connectivity index (χ3v) is 7.54. The second kappa shape index (κ2) is 8.25. The fourth-order valence-corrected chi connectivity index (χ4v) is 5.59. The highest BCUT2D eigenvalue weighted by Crippen LogP contribution is 2.44. The first-order chi connectivity index (χ1) is 15.6. The summed E-state index contributed by atoms with van der Waals surface area (Å²) in [4.78, 5) is 24.8. The number of amides is 1. The average molecular weight is 466 g/mol. The van der Waals surface area contributed by atoms with Gasteiger partial charge in [-0.3, -0.25) is 19.8 Å². The van der Waals surface area contributed by atoms with Crippen LogP contribution in [-0.4, -0.2) is 19.2 Å². The number of carbonyl (C=O) groups is 1. The highest BCUT2D eigenvalue weighted by Gasteiger charge is 2.50. The van der Waals surface area contributed by atoms with E-state index in [9.17, 15) is 27.7 Å². The minimum absolute atomic E-state index is 0.0956. The quantitative estimate of drug-likeness (QED) is 0.311. The van der Waals surface area contributed by atoms with Gasteiger partial charge in [0.05, 0.1) is 4.92 Å². The summed E-state index contributed by atoms with van der Waals surface area (Å²) in [6.45, 7) is 3.73. The number of benzene rings is 3. The predicted octanol–water partition coefficient (Wildman–Crippen LogP) is 4.85. The average Bonchev–Trinajstić information content (AvgIpc) is 2.97. The summed E-state index contributed by atoms with van der Waals surface area (Å²) in [5.41, 5.74) is 2.31. The molecule has 0 spiro atoms. The molecule has 1 amide bonds. The number of carbonyl (C=O) groups excluding carboxylic acids is 1. The lowest BCUT2D eigenvalue weighted by Gasteiger charge is -2.24. The summed E-state index contributed by atoms with van der Waals surface area (Å²) in [6, 6.07) is 15.4. The van der Waals surface area contributed by atoms with Crippen LogP contribution in [0.1, 0.15) is 27.6 Å². The number of nitro groups is 1. The Labute approximate surface area is 189 Å². The van der Waals surface area contributed by atoms with Crippen LogP contribution in [0.4, 0.5) is 15.8 Å². The van der Waals surface area contributed by atoms with E-state index in [1.807, 2.05) is 13.8 Å². The Morgan fingerprint density at radius 2 is 1.70 bits per heavy atom. The first kappa shape index (κ1) is 22.3. The third-order valence-electron chi connectivity index (χ3n) is 5.57. The number of sulfone groups is 1. The lowest BCUT2D eigenvalue weighted by Crippen LogP contribution is -2.29. The van der Waals surface area contributed by atoms with Gasteiger partial charge in [-0.1, -0.05) is 30.3 Å². The molecular weight excluding hydrogens is 447 g/mol. The first-order valence-electron chi connectivity index (χ1n) is 9.96. The molecule has 1 unspecified atom stereocenters. The Bertz CT molecular complexity index is 1420. The van der Waals surface area contributed by atoms with Crippen molar-refractivity contribution in [3.63, 3.8) is 0 Å². The summed E-state index contributed by atoms with van der Waals surface area (Å²) >= 11 is 0. The number of non-ortho nitro benzene ring substituents is 1. The van der Waals surface area contributed by atoms with E-state index in [4.69, 9.17) is 0 Å². The van der Waals surface area contributed by atoms with Crippen molar-refractivity contribution in [2.45, 2.75) is 19.2 Å². The topological polar surface area (TPSA) is 97.6 Å². The standard InChI is InChI=1S/C24H19FN2O5S/c1-15-6-11-20(12-16(15)2)26-23(28)22(13-17-7-9-19(25)10-8-17)33(31,32)24(26)18-4-3-5-21(14-18)27(29)30/h3-14,24H,1-2H3/b22-13+. The van der Waals surface area contributed by atoms with Crippen LogP contribution in [0.25, 0.3) is 6.08 Å². The molecule has 1 aliphatic heterocycles. The fourth-order valence-electron chi connectivity index (χ4n) is 3.71. The molecule has 0 radical (unpaired) electrons. The van der Waals surface area contributed by atoms with Gasteiger partial charge in [-0.05, 0) is 66.4 Å². The molecule has 3 aromatic rings. The summed E-state index contributed by atoms with van der Waals surface area (Å²) in [7, 11) is -4.28. The van der Waals surface area contributed by atoms with Crippen LogP contribution in [0.3, 0.4) is 0 Å². The lowest BCUT2D eigenvalue weighted by molar-refractivity contribution is -0.384. The van der Waals surface area contributed by atoms with E-state index < -0.39 is 36.8 Å². The molecule has 0 bridgehead atoms. The molecule has 3 aromatic carbocycles. The van der Waals surface area contributed by atoms with Gasteiger partial charge in [0, 0.05) is 17.8 Å². The second-order valence-electron chi connectivity index (χ2n) is 7.75. The number of halogens is 1. The number of aryl methyl sites for hydroxylation is 2. The molecule has 7 nitrogen and oxygen atoms in total. The predicted molar refractivity (Wildman–Crippen MR) is 123 cm³/mol. The van der Waals surface area contributed by atoms with Gasteiger partial charge < -0.3 is 0 Å². The number of hydrogen-bond donors (Lipinski definition) is 0. The number of anilines is 1. The van der Waals surface area contributed by atoms with Crippen LogP contribution in [0.15, 0.2) is 71.6 Å². The smallest absolute Gasteiger partial charge is 0.271 e. The maximum Gasteiger partial charge on any atom is 0.271 e. The largest absolute Gasteiger partial charge is 0.286 e. The van der Waals surface area contributed by atoms with Crippen molar-refractivity contribution in [2.75, 3.05) is 4.90 Å². The lowest BCUT2D eigenvalue weighted by atomic mass is 10.1. The van der Waals surface area contributed by atoms with E-state index in [1.165, 1.54) is 36.4 Å². The Hall–Kier alpha value is -3.85. The molecule has 1 heterocycles. The molecule has 1 saturated heterocycles. The summed E-state index contributed by atoms with van der Waals surface area (Å²) in [6.07, 6.45) is 1.20. The number of rotatable bonds is 4. The molecular formula is C24H19FN2O5S. The van der Waals surface area contributed by atoms with Crippen LogP contribution in [-0.2, 0) is 14.6 Å². The molecule has 4 rings (SSSR count). The fraction of sp³-hybridized carbons (Fsp3) is 0.125. The Morgan fingerprint density at radius 3 is 2.33 bits per heavy atom. The van der Waals surface area contributed by atoms with E-state index in [2.05, 4.69) is 0 Å². The van der Waals surface area contributed by atoms with Gasteiger partial charge in [-0.2, -0.15) is 0 Å². The van der Waals surface area contributed by atoms with Gasteiger partial charge in [0.1, 0.15) is 10.7 Å². The Morgan fingerprint density at radius 1 is 1.00 bits per heavy atom. The molecule has 1 aliphatic rings. The number of nitro benzene ring substituents is 1. The maximum atomic E-state index is 13.6. The molecule has 1 fully saturated rings. The zero-order valence-electron chi connectivity index (χ0n) is 17.7. The summed E-state index contributed by atoms with van der Waals surface area (Å²) in [5.74, 6) is -1.26. The van der Waals surface area contributed by atoms with Crippen molar-refractivity contribution in [3.05, 3.63) is 110 Å². The van der Waals surface area contributed by atoms with Gasteiger partial charge in [-0.15, -0.1) is 0 Å². The van der Waals surface area contributed by atoms with E-state index >= 15 is 0 Å². The van der Waals surface area contributed by atoms with Crippen LogP contribution in [0.2, 0.25) is 0 Å². The van der Waals surface area contributed by atoms with Crippen LogP contribution in [0, 0.1) is 29.8 Å². The van der Waals surface area contributed by atoms with Gasteiger partial charge >= 0.3 is 0 Å². The van der Waals surface area contributed by atoms with Crippen molar-refractivity contribution in [1.29, 1.82) is 0 Å². The Balaban J connectivity index is 1.94. The van der Waals surface area contributed by atoms with E-state index in [1.54, 1.807) is 18.2 Å². The van der Waals surface area contributed by atoms with Crippen molar-refractivity contribution >= 4 is 33.2 Å². The molecule has 0 N–H and O–H groups in total. The van der Waals surface area contributed by atoms with Gasteiger partial charge in [0.2, 0.25) is 9.84 Å². The molecule has 168 valence electrons. The van der Waals surface area contributed by atoms with Crippen LogP contribution >= 0.6 is 0 Å². The van der Waals surface area contributed by atoms with E-state index in [0.717, 1.165) is 34.2 Å². The first-order valence-corrected chi connectivity index (χ1v) is 11.5. The van der Waals surface area contributed by atoms with Crippen LogP contribution < -0.4 is 4.90 Å². The zero-order valence-corrected chi connectivity index (χ0v) is 18.5.